The van der Waals surface area contributed by atoms with Crippen LogP contribution in [0.25, 0.3) is 0 Å². The van der Waals surface area contributed by atoms with E-state index in [1.54, 1.807) is 39.8 Å². The molecule has 0 saturated heterocycles. The molecule has 0 aliphatic rings. The summed E-state index contributed by atoms with van der Waals surface area (Å²) in [6.07, 6.45) is -0.446. The molecule has 0 bridgehead atoms. The number of hydrogen-bond donors (Lipinski definition) is 5. The molecule has 2 rings (SSSR count). The first-order valence-corrected chi connectivity index (χ1v) is 14.0. The lowest BCUT2D eigenvalue weighted by Crippen LogP contribution is -2.62. The molecule has 10 heteroatoms. The number of primary amides is 1. The summed E-state index contributed by atoms with van der Waals surface area (Å²) in [7, 11) is 0. The molecule has 4 amide bonds. The summed E-state index contributed by atoms with van der Waals surface area (Å²) in [6.45, 7) is 14.0. The molecule has 0 aromatic heterocycles. The van der Waals surface area contributed by atoms with E-state index in [0.29, 0.717) is 23.1 Å². The monoisotopic (exact) mass is 582 g/mol. The van der Waals surface area contributed by atoms with Crippen molar-refractivity contribution in [2.45, 2.75) is 85.2 Å². The number of nitrogens with one attached hydrogen (secondary N) is 3. The van der Waals surface area contributed by atoms with Gasteiger partial charge in [-0.1, -0.05) is 51.1 Å². The number of amides is 4. The fraction of sp³-hybridized carbons (Fsp3) is 0.500. The lowest BCUT2D eigenvalue weighted by molar-refractivity contribution is -0.135. The van der Waals surface area contributed by atoms with Crippen molar-refractivity contribution in [1.82, 2.24) is 16.0 Å². The molecule has 42 heavy (non-hydrogen) atoms. The van der Waals surface area contributed by atoms with Gasteiger partial charge in [-0.05, 0) is 73.9 Å². The van der Waals surface area contributed by atoms with Gasteiger partial charge in [-0.25, -0.2) is 4.79 Å². The first-order chi connectivity index (χ1) is 19.4. The van der Waals surface area contributed by atoms with Gasteiger partial charge in [-0.3, -0.25) is 14.4 Å². The molecule has 0 aliphatic carbocycles. The van der Waals surface area contributed by atoms with Crippen LogP contribution in [-0.2, 0) is 24.5 Å². The lowest BCUT2D eigenvalue weighted by atomic mass is 9.60. The standard InChI is InChI=1S/C32H46N4O6/c1-20-16-24(38)17-21(2)27(20)32(30(4,5)6,19-42-29(33)41)28(40)36-31(7,8)18-34-26(39)15-14-25(35-22(3)37)23-12-10-9-11-13-23/h9-13,16-17,25,38H,14-15,18-19H2,1-8H3,(H2,33,41)(H,34,39)(H,35,37)(H,36,40). The summed E-state index contributed by atoms with van der Waals surface area (Å²) in [4.78, 5) is 50.6. The smallest absolute Gasteiger partial charge is 0.404 e. The van der Waals surface area contributed by atoms with Crippen LogP contribution < -0.4 is 21.7 Å². The molecule has 0 fully saturated rings. The Bertz CT molecular complexity index is 1260. The highest BCUT2D eigenvalue weighted by Gasteiger charge is 2.53. The zero-order chi connectivity index (χ0) is 31.9. The van der Waals surface area contributed by atoms with Gasteiger partial charge in [0, 0.05) is 19.9 Å². The molecule has 0 spiro atoms. The van der Waals surface area contributed by atoms with Gasteiger partial charge in [0.2, 0.25) is 17.7 Å². The molecule has 230 valence electrons. The molecule has 0 radical (unpaired) electrons. The number of aromatic hydroxyl groups is 1. The second kappa shape index (κ2) is 13.7. The van der Waals surface area contributed by atoms with E-state index in [1.807, 2.05) is 51.1 Å². The summed E-state index contributed by atoms with van der Waals surface area (Å²) in [5, 5.41) is 19.0. The van der Waals surface area contributed by atoms with E-state index in [4.69, 9.17) is 10.5 Å². The Labute approximate surface area is 248 Å². The molecular weight excluding hydrogens is 536 g/mol. The van der Waals surface area contributed by atoms with E-state index in [-0.39, 0.29) is 43.2 Å². The predicted octanol–water partition coefficient (Wildman–Crippen LogP) is 4.06. The van der Waals surface area contributed by atoms with Gasteiger partial charge in [0.05, 0.1) is 11.6 Å². The van der Waals surface area contributed by atoms with Crippen molar-refractivity contribution in [3.63, 3.8) is 0 Å². The number of ether oxygens (including phenoxy) is 1. The average molecular weight is 583 g/mol. The van der Waals surface area contributed by atoms with Crippen molar-refractivity contribution in [1.29, 1.82) is 0 Å². The Kier molecular flexibility index (Phi) is 11.1. The molecule has 6 N–H and O–H groups in total. The molecule has 0 saturated carbocycles. The molecule has 0 aliphatic heterocycles. The number of aryl methyl sites for hydroxylation is 2. The van der Waals surface area contributed by atoms with E-state index >= 15 is 0 Å². The molecule has 10 nitrogen and oxygen atoms in total. The van der Waals surface area contributed by atoms with Crippen molar-refractivity contribution in [3.05, 3.63) is 64.7 Å². The molecule has 2 atom stereocenters. The summed E-state index contributed by atoms with van der Waals surface area (Å²) in [5.74, 6) is -0.770. The summed E-state index contributed by atoms with van der Waals surface area (Å²) >= 11 is 0. The molecule has 2 unspecified atom stereocenters. The molecule has 2 aromatic rings. The largest absolute Gasteiger partial charge is 0.508 e. The zero-order valence-electron chi connectivity index (χ0n) is 26.0. The van der Waals surface area contributed by atoms with Crippen LogP contribution >= 0.6 is 0 Å². The number of carbonyl (C=O) groups is 4. The van der Waals surface area contributed by atoms with E-state index in [1.165, 1.54) is 6.92 Å². The minimum absolute atomic E-state index is 0.0591. The van der Waals surface area contributed by atoms with Crippen LogP contribution in [0.1, 0.15) is 82.7 Å². The zero-order valence-corrected chi connectivity index (χ0v) is 26.0. The Hall–Kier alpha value is -4.08. The van der Waals surface area contributed by atoms with Gasteiger partial charge < -0.3 is 31.5 Å². The normalized spacial score (nSPS) is 13.8. The van der Waals surface area contributed by atoms with Crippen LogP contribution in [0.3, 0.4) is 0 Å². The first kappa shape index (κ1) is 34.1. The number of phenolic OH excluding ortho intramolecular Hbond substituents is 1. The Balaban J connectivity index is 2.26. The third-order valence-electron chi connectivity index (χ3n) is 7.46. The third kappa shape index (κ3) is 8.71. The first-order valence-electron chi connectivity index (χ1n) is 14.0. The second-order valence-corrected chi connectivity index (χ2v) is 12.5. The predicted molar refractivity (Wildman–Crippen MR) is 162 cm³/mol. The second-order valence-electron chi connectivity index (χ2n) is 12.5. The van der Waals surface area contributed by atoms with Crippen molar-refractivity contribution in [2.24, 2.45) is 11.1 Å². The number of hydrogen-bond acceptors (Lipinski definition) is 6. The van der Waals surface area contributed by atoms with E-state index < -0.39 is 28.4 Å². The highest BCUT2D eigenvalue weighted by atomic mass is 16.5. The van der Waals surface area contributed by atoms with Crippen molar-refractivity contribution < 1.29 is 29.0 Å². The van der Waals surface area contributed by atoms with E-state index in [9.17, 15) is 24.3 Å². The van der Waals surface area contributed by atoms with Gasteiger partial charge in [-0.15, -0.1) is 0 Å². The summed E-state index contributed by atoms with van der Waals surface area (Å²) in [5.41, 5.74) is 5.13. The Morgan fingerprint density at radius 3 is 2.05 bits per heavy atom. The summed E-state index contributed by atoms with van der Waals surface area (Å²) in [6, 6.07) is 12.3. The van der Waals surface area contributed by atoms with Crippen molar-refractivity contribution in [2.75, 3.05) is 13.2 Å². The number of benzene rings is 2. The van der Waals surface area contributed by atoms with Crippen LogP contribution in [0.4, 0.5) is 4.79 Å². The average Bonchev–Trinajstić information content (AvgIpc) is 2.85. The van der Waals surface area contributed by atoms with Crippen molar-refractivity contribution >= 4 is 23.8 Å². The lowest BCUT2D eigenvalue weighted by Gasteiger charge is -2.46. The topological polar surface area (TPSA) is 160 Å². The van der Waals surface area contributed by atoms with Crippen LogP contribution in [0, 0.1) is 19.3 Å². The van der Waals surface area contributed by atoms with Crippen LogP contribution in [0.2, 0.25) is 0 Å². The highest BCUT2D eigenvalue weighted by molar-refractivity contribution is 5.91. The molecular formula is C32H46N4O6. The van der Waals surface area contributed by atoms with Crippen LogP contribution in [0.15, 0.2) is 42.5 Å². The highest BCUT2D eigenvalue weighted by Crippen LogP contribution is 2.46. The van der Waals surface area contributed by atoms with E-state index in [2.05, 4.69) is 16.0 Å². The maximum Gasteiger partial charge on any atom is 0.404 e. The van der Waals surface area contributed by atoms with Gasteiger partial charge in [0.25, 0.3) is 0 Å². The maximum atomic E-state index is 14.3. The quantitative estimate of drug-likeness (QED) is 0.254. The van der Waals surface area contributed by atoms with Gasteiger partial charge in [-0.2, -0.15) is 0 Å². The van der Waals surface area contributed by atoms with Crippen LogP contribution in [0.5, 0.6) is 5.75 Å². The fourth-order valence-electron chi connectivity index (χ4n) is 5.37. The van der Waals surface area contributed by atoms with Crippen molar-refractivity contribution in [3.8, 4) is 5.75 Å². The number of carbonyl (C=O) groups excluding carboxylic acids is 4. The summed E-state index contributed by atoms with van der Waals surface area (Å²) < 4.78 is 5.30. The van der Waals surface area contributed by atoms with Gasteiger partial charge in [0.1, 0.15) is 17.8 Å². The molecule has 2 aromatic carbocycles. The van der Waals surface area contributed by atoms with E-state index in [0.717, 1.165) is 5.56 Å². The molecule has 0 heterocycles. The minimum atomic E-state index is -1.38. The fourth-order valence-corrected chi connectivity index (χ4v) is 5.37. The van der Waals surface area contributed by atoms with Gasteiger partial charge >= 0.3 is 6.09 Å². The third-order valence-corrected chi connectivity index (χ3v) is 7.46. The number of nitrogens with two attached hydrogens (primary N) is 1. The Morgan fingerprint density at radius 2 is 1.55 bits per heavy atom. The maximum absolute atomic E-state index is 14.3. The van der Waals surface area contributed by atoms with Gasteiger partial charge in [0.15, 0.2) is 0 Å². The number of phenols is 1. The SMILES string of the molecule is CC(=O)NC(CCC(=O)NCC(C)(C)NC(=O)C(COC(N)=O)(c1c(C)cc(O)cc1C)C(C)(C)C)c1ccccc1. The van der Waals surface area contributed by atoms with Crippen LogP contribution in [-0.4, -0.2) is 47.6 Å². The minimum Gasteiger partial charge on any atom is -0.508 e. The number of rotatable bonds is 12. The Morgan fingerprint density at radius 1 is 0.976 bits per heavy atom.